The highest BCUT2D eigenvalue weighted by Crippen LogP contribution is 2.30. The lowest BCUT2D eigenvalue weighted by atomic mass is 10.2. The molecule has 21 heavy (non-hydrogen) atoms. The summed E-state index contributed by atoms with van der Waals surface area (Å²) in [6, 6.07) is 10.9. The fourth-order valence-electron chi connectivity index (χ4n) is 1.76. The maximum absolute atomic E-state index is 9.81. The second kappa shape index (κ2) is 5.89. The van der Waals surface area contributed by atoms with Crippen molar-refractivity contribution in [2.75, 3.05) is 5.43 Å². The Labute approximate surface area is 134 Å². The van der Waals surface area contributed by atoms with Crippen LogP contribution in [0.4, 0.5) is 5.13 Å². The molecule has 0 unspecified atom stereocenters. The summed E-state index contributed by atoms with van der Waals surface area (Å²) in [7, 11) is 0. The summed E-state index contributed by atoms with van der Waals surface area (Å²) in [5, 5.41) is 15.1. The highest BCUT2D eigenvalue weighted by atomic mass is 35.5. The zero-order chi connectivity index (χ0) is 14.8. The lowest BCUT2D eigenvalue weighted by Crippen LogP contribution is -1.90. The van der Waals surface area contributed by atoms with E-state index in [1.165, 1.54) is 23.6 Å². The average molecular weight is 338 g/mol. The van der Waals surface area contributed by atoms with Crippen LogP contribution in [0.25, 0.3) is 10.2 Å². The number of hydrogen-bond acceptors (Lipinski definition) is 5. The molecule has 106 valence electrons. The van der Waals surface area contributed by atoms with Crippen LogP contribution in [0, 0.1) is 0 Å². The third-order valence-corrected chi connectivity index (χ3v) is 4.16. The highest BCUT2D eigenvalue weighted by molar-refractivity contribution is 7.22. The van der Waals surface area contributed by atoms with Crippen molar-refractivity contribution in [2.24, 2.45) is 5.10 Å². The molecule has 4 nitrogen and oxygen atoms in total. The molecule has 0 aliphatic carbocycles. The van der Waals surface area contributed by atoms with Crippen molar-refractivity contribution in [1.29, 1.82) is 0 Å². The van der Waals surface area contributed by atoms with Crippen molar-refractivity contribution in [2.45, 2.75) is 0 Å². The molecule has 0 amide bonds. The van der Waals surface area contributed by atoms with E-state index in [0.29, 0.717) is 15.7 Å². The number of hydrogen-bond donors (Lipinski definition) is 2. The summed E-state index contributed by atoms with van der Waals surface area (Å²) in [6.07, 6.45) is 1.44. The quantitative estimate of drug-likeness (QED) is 0.535. The van der Waals surface area contributed by atoms with E-state index < -0.39 is 0 Å². The third-order valence-electron chi connectivity index (χ3n) is 2.72. The topological polar surface area (TPSA) is 57.5 Å². The molecule has 0 radical (unpaired) electrons. The second-order valence-corrected chi connectivity index (χ2v) is 6.06. The number of benzene rings is 2. The molecule has 0 saturated heterocycles. The van der Waals surface area contributed by atoms with Gasteiger partial charge in [-0.3, -0.25) is 5.43 Å². The normalized spacial score (nSPS) is 11.3. The molecule has 0 bridgehead atoms. The van der Waals surface area contributed by atoms with Crippen LogP contribution in [0.15, 0.2) is 41.5 Å². The Balaban J connectivity index is 1.81. The van der Waals surface area contributed by atoms with Gasteiger partial charge in [-0.2, -0.15) is 5.10 Å². The average Bonchev–Trinajstić information content (AvgIpc) is 2.86. The van der Waals surface area contributed by atoms with E-state index in [-0.39, 0.29) is 10.8 Å². The predicted molar refractivity (Wildman–Crippen MR) is 89.0 cm³/mol. The summed E-state index contributed by atoms with van der Waals surface area (Å²) >= 11 is 13.2. The van der Waals surface area contributed by atoms with Gasteiger partial charge in [-0.15, -0.1) is 0 Å². The van der Waals surface area contributed by atoms with Crippen LogP contribution in [0.3, 0.4) is 0 Å². The molecule has 1 heterocycles. The van der Waals surface area contributed by atoms with Gasteiger partial charge in [-0.1, -0.05) is 46.7 Å². The van der Waals surface area contributed by atoms with Crippen LogP contribution < -0.4 is 5.43 Å². The van der Waals surface area contributed by atoms with E-state index in [0.717, 1.165) is 10.2 Å². The molecule has 3 rings (SSSR count). The summed E-state index contributed by atoms with van der Waals surface area (Å²) < 4.78 is 1.07. The summed E-state index contributed by atoms with van der Waals surface area (Å²) in [5.74, 6) is -0.0593. The molecular weight excluding hydrogens is 329 g/mol. The molecule has 0 aliphatic heterocycles. The maximum Gasteiger partial charge on any atom is 0.204 e. The number of hydrazone groups is 1. The van der Waals surface area contributed by atoms with Crippen molar-refractivity contribution in [1.82, 2.24) is 4.98 Å². The van der Waals surface area contributed by atoms with Crippen LogP contribution >= 0.6 is 34.5 Å². The van der Waals surface area contributed by atoms with Gasteiger partial charge >= 0.3 is 0 Å². The van der Waals surface area contributed by atoms with Gasteiger partial charge in [0.2, 0.25) is 5.13 Å². The number of anilines is 1. The molecule has 2 aromatic carbocycles. The SMILES string of the molecule is Oc1c(Cl)cc(Cl)cc1/C=N/Nc1nc2ccccc2s1. The van der Waals surface area contributed by atoms with Crippen LogP contribution in [-0.4, -0.2) is 16.3 Å². The van der Waals surface area contributed by atoms with E-state index >= 15 is 0 Å². The van der Waals surface area contributed by atoms with Crippen molar-refractivity contribution < 1.29 is 5.11 Å². The zero-order valence-corrected chi connectivity index (χ0v) is 12.9. The number of phenols is 1. The van der Waals surface area contributed by atoms with E-state index in [4.69, 9.17) is 23.2 Å². The first-order valence-corrected chi connectivity index (χ1v) is 7.53. The van der Waals surface area contributed by atoms with Gasteiger partial charge < -0.3 is 5.11 Å². The van der Waals surface area contributed by atoms with Crippen molar-refractivity contribution in [3.05, 3.63) is 52.0 Å². The molecule has 0 saturated carbocycles. The van der Waals surface area contributed by atoms with Crippen LogP contribution in [0.5, 0.6) is 5.75 Å². The maximum atomic E-state index is 9.81. The number of nitrogens with one attached hydrogen (secondary N) is 1. The Kier molecular flexibility index (Phi) is 3.96. The number of para-hydroxylation sites is 1. The third kappa shape index (κ3) is 3.10. The zero-order valence-electron chi connectivity index (χ0n) is 10.5. The monoisotopic (exact) mass is 337 g/mol. The Morgan fingerprint density at radius 1 is 1.24 bits per heavy atom. The summed E-state index contributed by atoms with van der Waals surface area (Å²) in [5.41, 5.74) is 4.17. The predicted octanol–water partition coefficient (Wildman–Crippen LogP) is 4.75. The number of aromatic nitrogens is 1. The van der Waals surface area contributed by atoms with Gasteiger partial charge in [0.05, 0.1) is 21.5 Å². The van der Waals surface area contributed by atoms with E-state index in [2.05, 4.69) is 15.5 Å². The largest absolute Gasteiger partial charge is 0.506 e. The van der Waals surface area contributed by atoms with Gasteiger partial charge in [0.1, 0.15) is 5.75 Å². The molecule has 7 heteroatoms. The minimum atomic E-state index is -0.0593. The number of thiazole rings is 1. The van der Waals surface area contributed by atoms with Gasteiger partial charge in [-0.25, -0.2) is 4.98 Å². The van der Waals surface area contributed by atoms with Crippen molar-refractivity contribution >= 4 is 56.1 Å². The van der Waals surface area contributed by atoms with E-state index in [1.54, 1.807) is 6.07 Å². The lowest BCUT2D eigenvalue weighted by molar-refractivity contribution is 0.475. The fraction of sp³-hybridized carbons (Fsp3) is 0. The molecule has 2 N–H and O–H groups in total. The fourth-order valence-corrected chi connectivity index (χ4v) is 3.09. The van der Waals surface area contributed by atoms with Gasteiger partial charge in [0.25, 0.3) is 0 Å². The number of nitrogens with zero attached hydrogens (tertiary/aromatic N) is 2. The standard InChI is InChI=1S/C14H9Cl2N3OS/c15-9-5-8(13(20)10(16)6-9)7-17-19-14-18-11-3-1-2-4-12(11)21-14/h1-7,20H,(H,18,19)/b17-7+. The molecule has 3 aromatic rings. The number of aromatic hydroxyl groups is 1. The minimum absolute atomic E-state index is 0.0593. The van der Waals surface area contributed by atoms with Crippen LogP contribution in [-0.2, 0) is 0 Å². The smallest absolute Gasteiger partial charge is 0.204 e. The van der Waals surface area contributed by atoms with E-state index in [9.17, 15) is 5.11 Å². The molecule has 1 aromatic heterocycles. The number of fused-ring (bicyclic) bond motifs is 1. The molecular formula is C14H9Cl2N3OS. The molecule has 0 atom stereocenters. The Morgan fingerprint density at radius 3 is 2.86 bits per heavy atom. The van der Waals surface area contributed by atoms with Gasteiger partial charge in [0.15, 0.2) is 0 Å². The van der Waals surface area contributed by atoms with Gasteiger partial charge in [0, 0.05) is 10.6 Å². The van der Waals surface area contributed by atoms with Crippen molar-refractivity contribution in [3.63, 3.8) is 0 Å². The Hall–Kier alpha value is -1.82. The Bertz CT molecular complexity index is 799. The van der Waals surface area contributed by atoms with Crippen LogP contribution in [0.2, 0.25) is 10.0 Å². The first kappa shape index (κ1) is 14.1. The second-order valence-electron chi connectivity index (χ2n) is 4.18. The molecule has 0 aliphatic rings. The first-order valence-electron chi connectivity index (χ1n) is 5.96. The van der Waals surface area contributed by atoms with E-state index in [1.807, 2.05) is 24.3 Å². The minimum Gasteiger partial charge on any atom is -0.506 e. The van der Waals surface area contributed by atoms with Crippen LogP contribution in [0.1, 0.15) is 5.56 Å². The number of phenolic OH excluding ortho intramolecular Hbond substituents is 1. The summed E-state index contributed by atoms with van der Waals surface area (Å²) in [4.78, 5) is 4.38. The Morgan fingerprint density at radius 2 is 2.05 bits per heavy atom. The first-order chi connectivity index (χ1) is 10.1. The summed E-state index contributed by atoms with van der Waals surface area (Å²) in [6.45, 7) is 0. The number of rotatable bonds is 3. The molecule has 0 spiro atoms. The lowest BCUT2D eigenvalue weighted by Gasteiger charge is -2.02. The molecule has 0 fully saturated rings. The number of halogens is 2. The highest BCUT2D eigenvalue weighted by Gasteiger charge is 2.06. The van der Waals surface area contributed by atoms with Gasteiger partial charge in [-0.05, 0) is 24.3 Å². The van der Waals surface area contributed by atoms with Crippen molar-refractivity contribution in [3.8, 4) is 5.75 Å².